The van der Waals surface area contributed by atoms with Gasteiger partial charge >= 0.3 is 0 Å². The van der Waals surface area contributed by atoms with Gasteiger partial charge in [-0.25, -0.2) is 9.98 Å². The standard InChI is InChI=1S/C23H33N5O2/c1-5-25-23(27-8-6-16(2)20(14-27)28-9-7-24-15-28)26-13-19-12-22-18(10-17(3)30-22)11-21(19)29-4/h7,9,11-12,15-17,20H,5-6,8,10,13-14H2,1-4H3,(H,25,26). The van der Waals surface area contributed by atoms with E-state index in [1.54, 1.807) is 7.11 Å². The van der Waals surface area contributed by atoms with Gasteiger partial charge in [0.05, 0.1) is 26.0 Å². The van der Waals surface area contributed by atoms with Crippen LogP contribution in [-0.2, 0) is 13.0 Å². The molecule has 162 valence electrons. The average molecular weight is 412 g/mol. The van der Waals surface area contributed by atoms with E-state index in [0.717, 1.165) is 55.5 Å². The third-order valence-corrected chi connectivity index (χ3v) is 6.16. The molecule has 3 atom stereocenters. The van der Waals surface area contributed by atoms with Gasteiger partial charge in [-0.3, -0.25) is 0 Å². The lowest BCUT2D eigenvalue weighted by atomic mass is 9.93. The van der Waals surface area contributed by atoms with Crippen LogP contribution in [0.4, 0.5) is 0 Å². The zero-order valence-electron chi connectivity index (χ0n) is 18.5. The van der Waals surface area contributed by atoms with Gasteiger partial charge < -0.3 is 24.3 Å². The maximum atomic E-state index is 5.95. The lowest BCUT2D eigenvalue weighted by molar-refractivity contribution is 0.189. The van der Waals surface area contributed by atoms with Crippen molar-refractivity contribution in [3.05, 3.63) is 42.0 Å². The van der Waals surface area contributed by atoms with E-state index in [4.69, 9.17) is 14.5 Å². The van der Waals surface area contributed by atoms with E-state index in [2.05, 4.69) is 58.9 Å². The topological polar surface area (TPSA) is 63.9 Å². The van der Waals surface area contributed by atoms with Gasteiger partial charge in [-0.15, -0.1) is 0 Å². The summed E-state index contributed by atoms with van der Waals surface area (Å²) in [5.74, 6) is 3.40. The maximum absolute atomic E-state index is 5.95. The van der Waals surface area contributed by atoms with Gasteiger partial charge in [-0.2, -0.15) is 0 Å². The summed E-state index contributed by atoms with van der Waals surface area (Å²) >= 11 is 0. The highest BCUT2D eigenvalue weighted by molar-refractivity contribution is 5.80. The van der Waals surface area contributed by atoms with Gasteiger partial charge in [0.1, 0.15) is 17.6 Å². The Kier molecular flexibility index (Phi) is 6.16. The Bertz CT molecular complexity index is 880. The Morgan fingerprint density at radius 2 is 2.23 bits per heavy atom. The van der Waals surface area contributed by atoms with E-state index in [9.17, 15) is 0 Å². The van der Waals surface area contributed by atoms with Crippen LogP contribution in [0.15, 0.2) is 35.8 Å². The number of hydrogen-bond acceptors (Lipinski definition) is 4. The van der Waals surface area contributed by atoms with Crippen molar-refractivity contribution < 1.29 is 9.47 Å². The number of rotatable bonds is 5. The number of nitrogens with one attached hydrogen (secondary N) is 1. The Morgan fingerprint density at radius 1 is 1.37 bits per heavy atom. The lowest BCUT2D eigenvalue weighted by Gasteiger charge is -2.39. The molecule has 1 aromatic carbocycles. The first-order chi connectivity index (χ1) is 14.6. The van der Waals surface area contributed by atoms with Crippen molar-refractivity contribution in [3.8, 4) is 11.5 Å². The zero-order valence-corrected chi connectivity index (χ0v) is 18.5. The van der Waals surface area contributed by atoms with Crippen molar-refractivity contribution in [2.24, 2.45) is 10.9 Å². The van der Waals surface area contributed by atoms with E-state index in [1.165, 1.54) is 5.56 Å². The number of imidazole rings is 1. The quantitative estimate of drug-likeness (QED) is 0.604. The molecule has 1 saturated heterocycles. The molecule has 7 heteroatoms. The largest absolute Gasteiger partial charge is 0.496 e. The summed E-state index contributed by atoms with van der Waals surface area (Å²) in [6, 6.07) is 4.60. The molecule has 2 aliphatic heterocycles. The van der Waals surface area contributed by atoms with Gasteiger partial charge in [0.25, 0.3) is 0 Å². The fraction of sp³-hybridized carbons (Fsp3) is 0.565. The number of guanidine groups is 1. The van der Waals surface area contributed by atoms with Crippen LogP contribution in [0.5, 0.6) is 11.5 Å². The van der Waals surface area contributed by atoms with E-state index < -0.39 is 0 Å². The van der Waals surface area contributed by atoms with Crippen LogP contribution in [0, 0.1) is 5.92 Å². The lowest BCUT2D eigenvalue weighted by Crippen LogP contribution is -2.49. The summed E-state index contributed by atoms with van der Waals surface area (Å²) in [5, 5.41) is 3.48. The molecule has 30 heavy (non-hydrogen) atoms. The molecule has 3 heterocycles. The molecule has 0 spiro atoms. The second-order valence-electron chi connectivity index (χ2n) is 8.36. The molecular formula is C23H33N5O2. The molecule has 0 bridgehead atoms. The molecule has 3 unspecified atom stereocenters. The molecule has 0 radical (unpaired) electrons. The zero-order chi connectivity index (χ0) is 21.1. The second-order valence-corrected chi connectivity index (χ2v) is 8.36. The van der Waals surface area contributed by atoms with Crippen LogP contribution >= 0.6 is 0 Å². The molecule has 1 fully saturated rings. The minimum atomic E-state index is 0.219. The van der Waals surface area contributed by atoms with Gasteiger partial charge in [-0.05, 0) is 38.3 Å². The molecule has 0 saturated carbocycles. The number of likely N-dealkylation sites (tertiary alicyclic amines) is 1. The Balaban J connectivity index is 1.54. The molecule has 1 N–H and O–H groups in total. The predicted octanol–water partition coefficient (Wildman–Crippen LogP) is 3.26. The third-order valence-electron chi connectivity index (χ3n) is 6.16. The molecule has 4 rings (SSSR count). The second kappa shape index (κ2) is 8.98. The number of methoxy groups -OCH3 is 1. The predicted molar refractivity (Wildman–Crippen MR) is 118 cm³/mol. The highest BCUT2D eigenvalue weighted by atomic mass is 16.5. The number of benzene rings is 1. The van der Waals surface area contributed by atoms with Gasteiger partial charge in [0.15, 0.2) is 5.96 Å². The third kappa shape index (κ3) is 4.25. The number of aromatic nitrogens is 2. The maximum Gasteiger partial charge on any atom is 0.194 e. The first kappa shape index (κ1) is 20.6. The molecule has 0 amide bonds. The van der Waals surface area contributed by atoms with Crippen molar-refractivity contribution in [1.29, 1.82) is 0 Å². The monoisotopic (exact) mass is 411 g/mol. The minimum Gasteiger partial charge on any atom is -0.496 e. The minimum absolute atomic E-state index is 0.219. The van der Waals surface area contributed by atoms with Crippen LogP contribution in [0.3, 0.4) is 0 Å². The summed E-state index contributed by atoms with van der Waals surface area (Å²) in [4.78, 5) is 11.6. The molecule has 7 nitrogen and oxygen atoms in total. The number of nitrogens with zero attached hydrogens (tertiary/aromatic N) is 4. The smallest absolute Gasteiger partial charge is 0.194 e. The van der Waals surface area contributed by atoms with Gasteiger partial charge in [-0.1, -0.05) is 6.92 Å². The summed E-state index contributed by atoms with van der Waals surface area (Å²) in [7, 11) is 1.72. The number of piperidine rings is 1. The fourth-order valence-electron chi connectivity index (χ4n) is 4.48. The fourth-order valence-corrected chi connectivity index (χ4v) is 4.48. The molecular weight excluding hydrogens is 378 g/mol. The normalized spacial score (nSPS) is 23.8. The highest BCUT2D eigenvalue weighted by Gasteiger charge is 2.29. The van der Waals surface area contributed by atoms with Crippen LogP contribution in [0.2, 0.25) is 0 Å². The average Bonchev–Trinajstić information content (AvgIpc) is 3.39. The van der Waals surface area contributed by atoms with Crippen molar-refractivity contribution in [3.63, 3.8) is 0 Å². The van der Waals surface area contributed by atoms with E-state index in [1.807, 2.05) is 12.5 Å². The van der Waals surface area contributed by atoms with Crippen molar-refractivity contribution >= 4 is 5.96 Å². The van der Waals surface area contributed by atoms with Crippen LogP contribution in [-0.4, -0.2) is 53.3 Å². The number of aliphatic imine (C=N–C) groups is 1. The summed E-state index contributed by atoms with van der Waals surface area (Å²) in [6.07, 6.45) is 8.11. The van der Waals surface area contributed by atoms with Crippen LogP contribution in [0.1, 0.15) is 44.4 Å². The van der Waals surface area contributed by atoms with Crippen LogP contribution < -0.4 is 14.8 Å². The molecule has 2 aromatic rings. The summed E-state index contributed by atoms with van der Waals surface area (Å²) in [5.41, 5.74) is 2.27. The molecule has 2 aliphatic rings. The molecule has 1 aromatic heterocycles. The van der Waals surface area contributed by atoms with Gasteiger partial charge in [0, 0.05) is 49.6 Å². The van der Waals surface area contributed by atoms with Crippen LogP contribution in [0.25, 0.3) is 0 Å². The van der Waals surface area contributed by atoms with E-state index in [0.29, 0.717) is 18.5 Å². The first-order valence-electron chi connectivity index (χ1n) is 11.0. The Labute approximate surface area is 179 Å². The summed E-state index contributed by atoms with van der Waals surface area (Å²) < 4.78 is 13.8. The number of ether oxygens (including phenoxy) is 2. The van der Waals surface area contributed by atoms with E-state index in [-0.39, 0.29) is 6.10 Å². The van der Waals surface area contributed by atoms with E-state index >= 15 is 0 Å². The Morgan fingerprint density at radius 3 is 2.97 bits per heavy atom. The first-order valence-corrected chi connectivity index (χ1v) is 11.0. The SMILES string of the molecule is CCNC(=NCc1cc2c(cc1OC)CC(C)O2)N1CCC(C)C(n2ccnc2)C1. The molecule has 0 aliphatic carbocycles. The van der Waals surface area contributed by atoms with Gasteiger partial charge in [0.2, 0.25) is 0 Å². The van der Waals surface area contributed by atoms with Crippen molar-refractivity contribution in [1.82, 2.24) is 19.8 Å². The summed E-state index contributed by atoms with van der Waals surface area (Å²) in [6.45, 7) is 9.84. The highest BCUT2D eigenvalue weighted by Crippen LogP contribution is 2.35. The number of fused-ring (bicyclic) bond motifs is 1. The van der Waals surface area contributed by atoms with Crippen molar-refractivity contribution in [2.75, 3.05) is 26.7 Å². The Hall–Kier alpha value is -2.70. The number of hydrogen-bond donors (Lipinski definition) is 1. The van der Waals surface area contributed by atoms with Crippen molar-refractivity contribution in [2.45, 2.75) is 52.3 Å².